The van der Waals surface area contributed by atoms with E-state index in [4.69, 9.17) is 10.5 Å². The van der Waals surface area contributed by atoms with E-state index in [1.165, 1.54) is 12.8 Å². The molecule has 1 aromatic rings. The van der Waals surface area contributed by atoms with Crippen LogP contribution in [0.4, 0.5) is 11.4 Å². The Kier molecular flexibility index (Phi) is 6.05. The van der Waals surface area contributed by atoms with Gasteiger partial charge in [0.25, 0.3) is 0 Å². The van der Waals surface area contributed by atoms with Crippen molar-refractivity contribution in [3.8, 4) is 0 Å². The number of unbranched alkanes of at least 4 members (excludes halogenated alkanes) is 2. The second-order valence-electron chi connectivity index (χ2n) is 4.12. The summed E-state index contributed by atoms with van der Waals surface area (Å²) < 4.78 is 4.96. The molecule has 0 spiro atoms. The highest BCUT2D eigenvalue weighted by Gasteiger charge is 2.12. The van der Waals surface area contributed by atoms with Crippen LogP contribution in [0.3, 0.4) is 0 Å². The van der Waals surface area contributed by atoms with Gasteiger partial charge in [0.2, 0.25) is 0 Å². The number of ether oxygens (including phenoxy) is 1. The maximum absolute atomic E-state index is 11.7. The zero-order valence-corrected chi connectivity index (χ0v) is 11.2. The topological polar surface area (TPSA) is 64.3 Å². The van der Waals surface area contributed by atoms with Gasteiger partial charge in [0, 0.05) is 6.54 Å². The first kappa shape index (κ1) is 14.4. The van der Waals surface area contributed by atoms with Gasteiger partial charge in [-0.25, -0.2) is 4.79 Å². The van der Waals surface area contributed by atoms with E-state index in [0.29, 0.717) is 17.9 Å². The molecule has 0 heterocycles. The Hall–Kier alpha value is -1.71. The van der Waals surface area contributed by atoms with Crippen molar-refractivity contribution >= 4 is 17.3 Å². The lowest BCUT2D eigenvalue weighted by atomic mass is 10.1. The van der Waals surface area contributed by atoms with Crippen LogP contribution in [0, 0.1) is 0 Å². The van der Waals surface area contributed by atoms with Crippen molar-refractivity contribution in [3.63, 3.8) is 0 Å². The molecule has 1 rings (SSSR count). The molecule has 4 nitrogen and oxygen atoms in total. The van der Waals surface area contributed by atoms with Crippen LogP contribution in [-0.4, -0.2) is 19.1 Å². The van der Waals surface area contributed by atoms with Gasteiger partial charge in [0.15, 0.2) is 0 Å². The predicted octanol–water partition coefficient (Wildman–Crippen LogP) is 3.05. The molecular weight excluding hydrogens is 228 g/mol. The standard InChI is InChI=1S/C14H22N2O2/c1-3-5-6-10-16-12-9-7-8-11(13(12)15)14(17)18-4-2/h7-9,16H,3-6,10,15H2,1-2H3. The van der Waals surface area contributed by atoms with Crippen molar-refractivity contribution in [2.75, 3.05) is 24.2 Å². The average Bonchev–Trinajstić information content (AvgIpc) is 2.36. The second-order valence-corrected chi connectivity index (χ2v) is 4.12. The maximum atomic E-state index is 11.7. The minimum atomic E-state index is -0.368. The number of carbonyl (C=O) groups excluding carboxylic acids is 1. The highest BCUT2D eigenvalue weighted by Crippen LogP contribution is 2.23. The lowest BCUT2D eigenvalue weighted by molar-refractivity contribution is 0.0527. The van der Waals surface area contributed by atoms with Crippen LogP contribution in [0.25, 0.3) is 0 Å². The Bertz CT molecular complexity index is 391. The number of esters is 1. The number of anilines is 2. The number of rotatable bonds is 7. The molecule has 0 aromatic heterocycles. The van der Waals surface area contributed by atoms with Crippen molar-refractivity contribution in [1.82, 2.24) is 0 Å². The first-order valence-corrected chi connectivity index (χ1v) is 6.50. The number of hydrogen-bond acceptors (Lipinski definition) is 4. The summed E-state index contributed by atoms with van der Waals surface area (Å²) in [5.41, 5.74) is 7.66. The molecule has 18 heavy (non-hydrogen) atoms. The summed E-state index contributed by atoms with van der Waals surface area (Å²) in [6, 6.07) is 5.37. The molecule has 0 radical (unpaired) electrons. The number of para-hydroxylation sites is 1. The number of nitrogens with one attached hydrogen (secondary N) is 1. The monoisotopic (exact) mass is 250 g/mol. The molecule has 0 aliphatic carbocycles. The molecule has 0 saturated heterocycles. The Morgan fingerprint density at radius 1 is 1.33 bits per heavy atom. The van der Waals surface area contributed by atoms with Crippen LogP contribution in [-0.2, 0) is 4.74 Å². The Labute approximate surface area is 109 Å². The Morgan fingerprint density at radius 3 is 2.78 bits per heavy atom. The zero-order chi connectivity index (χ0) is 13.4. The first-order chi connectivity index (χ1) is 8.70. The third-order valence-electron chi connectivity index (χ3n) is 2.70. The molecule has 100 valence electrons. The summed E-state index contributed by atoms with van der Waals surface area (Å²) in [7, 11) is 0. The van der Waals surface area contributed by atoms with Gasteiger partial charge < -0.3 is 15.8 Å². The highest BCUT2D eigenvalue weighted by atomic mass is 16.5. The SMILES string of the molecule is CCCCCNc1cccc(C(=O)OCC)c1N. The summed E-state index contributed by atoms with van der Waals surface area (Å²) in [5.74, 6) is -0.368. The lowest BCUT2D eigenvalue weighted by Crippen LogP contribution is -2.11. The van der Waals surface area contributed by atoms with Crippen LogP contribution in [0.15, 0.2) is 18.2 Å². The summed E-state index contributed by atoms with van der Waals surface area (Å²) in [6.45, 7) is 5.16. The Balaban J connectivity index is 2.69. The molecule has 0 aliphatic heterocycles. The molecule has 1 aromatic carbocycles. The third kappa shape index (κ3) is 3.95. The van der Waals surface area contributed by atoms with E-state index in [9.17, 15) is 4.79 Å². The van der Waals surface area contributed by atoms with E-state index in [1.807, 2.05) is 12.1 Å². The van der Waals surface area contributed by atoms with Crippen LogP contribution in [0.1, 0.15) is 43.5 Å². The minimum Gasteiger partial charge on any atom is -0.462 e. The van der Waals surface area contributed by atoms with Gasteiger partial charge in [-0.15, -0.1) is 0 Å². The third-order valence-corrected chi connectivity index (χ3v) is 2.70. The fourth-order valence-electron chi connectivity index (χ4n) is 1.70. The first-order valence-electron chi connectivity index (χ1n) is 6.50. The number of nitrogens with two attached hydrogens (primary N) is 1. The van der Waals surface area contributed by atoms with Gasteiger partial charge in [0.05, 0.1) is 23.5 Å². The van der Waals surface area contributed by atoms with E-state index >= 15 is 0 Å². The number of carbonyl (C=O) groups is 1. The van der Waals surface area contributed by atoms with Gasteiger partial charge in [-0.05, 0) is 25.5 Å². The average molecular weight is 250 g/mol. The molecule has 3 N–H and O–H groups in total. The molecule has 4 heteroatoms. The summed E-state index contributed by atoms with van der Waals surface area (Å²) in [6.07, 6.45) is 3.46. The summed E-state index contributed by atoms with van der Waals surface area (Å²) in [4.78, 5) is 11.7. The van der Waals surface area contributed by atoms with E-state index in [0.717, 1.165) is 18.7 Å². The van der Waals surface area contributed by atoms with Crippen molar-refractivity contribution < 1.29 is 9.53 Å². The van der Waals surface area contributed by atoms with Crippen molar-refractivity contribution in [2.45, 2.75) is 33.1 Å². The quantitative estimate of drug-likeness (QED) is 0.443. The minimum absolute atomic E-state index is 0.354. The van der Waals surface area contributed by atoms with E-state index < -0.39 is 0 Å². The van der Waals surface area contributed by atoms with Gasteiger partial charge >= 0.3 is 5.97 Å². The molecule has 0 saturated carbocycles. The van der Waals surface area contributed by atoms with Crippen molar-refractivity contribution in [2.24, 2.45) is 0 Å². The fourth-order valence-corrected chi connectivity index (χ4v) is 1.70. The van der Waals surface area contributed by atoms with Crippen LogP contribution in [0.2, 0.25) is 0 Å². The van der Waals surface area contributed by atoms with Crippen LogP contribution in [0.5, 0.6) is 0 Å². The number of hydrogen-bond donors (Lipinski definition) is 2. The summed E-state index contributed by atoms with van der Waals surface area (Å²) in [5, 5.41) is 3.25. The largest absolute Gasteiger partial charge is 0.462 e. The number of nitrogen functional groups attached to an aromatic ring is 1. The van der Waals surface area contributed by atoms with Crippen molar-refractivity contribution in [1.29, 1.82) is 0 Å². The summed E-state index contributed by atoms with van der Waals surface area (Å²) >= 11 is 0. The van der Waals surface area contributed by atoms with Crippen LogP contribution < -0.4 is 11.1 Å². The van der Waals surface area contributed by atoms with Crippen molar-refractivity contribution in [3.05, 3.63) is 23.8 Å². The molecule has 0 amide bonds. The highest BCUT2D eigenvalue weighted by molar-refractivity contribution is 5.98. The molecule has 0 unspecified atom stereocenters. The smallest absolute Gasteiger partial charge is 0.340 e. The van der Waals surface area contributed by atoms with Gasteiger partial charge in [-0.3, -0.25) is 0 Å². The maximum Gasteiger partial charge on any atom is 0.340 e. The molecule has 0 bridgehead atoms. The number of benzene rings is 1. The molecule has 0 aliphatic rings. The lowest BCUT2D eigenvalue weighted by Gasteiger charge is -2.12. The van der Waals surface area contributed by atoms with Gasteiger partial charge in [0.1, 0.15) is 0 Å². The Morgan fingerprint density at radius 2 is 2.11 bits per heavy atom. The van der Waals surface area contributed by atoms with Gasteiger partial charge in [-0.2, -0.15) is 0 Å². The molecule has 0 fully saturated rings. The van der Waals surface area contributed by atoms with Gasteiger partial charge in [-0.1, -0.05) is 25.8 Å². The molecule has 0 atom stereocenters. The zero-order valence-electron chi connectivity index (χ0n) is 11.2. The van der Waals surface area contributed by atoms with E-state index in [2.05, 4.69) is 12.2 Å². The predicted molar refractivity (Wildman–Crippen MR) is 74.8 cm³/mol. The van der Waals surface area contributed by atoms with E-state index in [1.54, 1.807) is 13.0 Å². The second kappa shape index (κ2) is 7.58. The fraction of sp³-hybridized carbons (Fsp3) is 0.500. The van der Waals surface area contributed by atoms with Crippen LogP contribution >= 0.6 is 0 Å². The normalized spacial score (nSPS) is 10.1. The van der Waals surface area contributed by atoms with E-state index in [-0.39, 0.29) is 5.97 Å². The molecular formula is C14H22N2O2.